The molecule has 0 aromatic heterocycles. The fourth-order valence-corrected chi connectivity index (χ4v) is 4.36. The van der Waals surface area contributed by atoms with Crippen LogP contribution in [0, 0.1) is 11.8 Å². The van der Waals surface area contributed by atoms with E-state index in [0.717, 1.165) is 25.7 Å². The Kier molecular flexibility index (Phi) is 5.62. The van der Waals surface area contributed by atoms with Crippen molar-refractivity contribution < 1.29 is 13.5 Å². The van der Waals surface area contributed by atoms with E-state index in [1.807, 2.05) is 0 Å². The SMILES string of the molecule is O=S(=O)(NCC1CCCCC1)N1CCC(CO)CC1. The second kappa shape index (κ2) is 7.02. The van der Waals surface area contributed by atoms with Crippen molar-refractivity contribution in [3.63, 3.8) is 0 Å². The lowest BCUT2D eigenvalue weighted by Crippen LogP contribution is -2.46. The molecule has 0 spiro atoms. The Morgan fingerprint density at radius 1 is 1.00 bits per heavy atom. The largest absolute Gasteiger partial charge is 0.396 e. The topological polar surface area (TPSA) is 69.6 Å². The molecule has 2 fully saturated rings. The molecule has 5 nitrogen and oxygen atoms in total. The fraction of sp³-hybridized carbons (Fsp3) is 1.00. The van der Waals surface area contributed by atoms with Crippen LogP contribution in [0.4, 0.5) is 0 Å². The number of nitrogens with one attached hydrogen (secondary N) is 1. The van der Waals surface area contributed by atoms with Crippen molar-refractivity contribution in [2.75, 3.05) is 26.2 Å². The number of hydrogen-bond donors (Lipinski definition) is 2. The number of piperidine rings is 1. The zero-order valence-electron chi connectivity index (χ0n) is 11.6. The number of aliphatic hydroxyl groups excluding tert-OH is 1. The molecule has 0 aromatic carbocycles. The molecule has 6 heteroatoms. The molecule has 1 aliphatic heterocycles. The van der Waals surface area contributed by atoms with Gasteiger partial charge in [0, 0.05) is 26.2 Å². The van der Waals surface area contributed by atoms with Gasteiger partial charge >= 0.3 is 0 Å². The molecule has 1 saturated carbocycles. The summed E-state index contributed by atoms with van der Waals surface area (Å²) in [6.07, 6.45) is 7.58. The number of nitrogens with zero attached hydrogens (tertiary/aromatic N) is 1. The quantitative estimate of drug-likeness (QED) is 0.797. The molecule has 112 valence electrons. The summed E-state index contributed by atoms with van der Waals surface area (Å²) < 4.78 is 28.6. The third kappa shape index (κ3) is 4.41. The molecule has 1 saturated heterocycles. The minimum Gasteiger partial charge on any atom is -0.396 e. The Balaban J connectivity index is 1.78. The Hall–Kier alpha value is -0.170. The third-order valence-electron chi connectivity index (χ3n) is 4.45. The summed E-state index contributed by atoms with van der Waals surface area (Å²) >= 11 is 0. The van der Waals surface area contributed by atoms with Gasteiger partial charge in [0.1, 0.15) is 0 Å². The maximum absolute atomic E-state index is 12.2. The summed E-state index contributed by atoms with van der Waals surface area (Å²) in [6, 6.07) is 0. The minimum atomic E-state index is -3.31. The van der Waals surface area contributed by atoms with Crippen LogP contribution >= 0.6 is 0 Å². The summed E-state index contributed by atoms with van der Waals surface area (Å²) in [6.45, 7) is 1.82. The van der Waals surface area contributed by atoms with Crippen molar-refractivity contribution in [1.82, 2.24) is 9.03 Å². The van der Waals surface area contributed by atoms with Gasteiger partial charge in [-0.3, -0.25) is 0 Å². The van der Waals surface area contributed by atoms with Gasteiger partial charge in [-0.05, 0) is 37.5 Å². The van der Waals surface area contributed by atoms with Gasteiger partial charge in [0.25, 0.3) is 10.2 Å². The minimum absolute atomic E-state index is 0.170. The summed E-state index contributed by atoms with van der Waals surface area (Å²) in [5.74, 6) is 0.781. The second-order valence-corrected chi connectivity index (χ2v) is 7.64. The fourth-order valence-electron chi connectivity index (χ4n) is 3.04. The van der Waals surface area contributed by atoms with Crippen LogP contribution in [0.15, 0.2) is 0 Å². The van der Waals surface area contributed by atoms with Crippen LogP contribution in [-0.4, -0.2) is 44.1 Å². The predicted molar refractivity (Wildman–Crippen MR) is 74.9 cm³/mol. The van der Waals surface area contributed by atoms with Gasteiger partial charge in [-0.25, -0.2) is 4.72 Å². The van der Waals surface area contributed by atoms with E-state index in [4.69, 9.17) is 5.11 Å². The third-order valence-corrected chi connectivity index (χ3v) is 6.03. The van der Waals surface area contributed by atoms with E-state index in [9.17, 15) is 8.42 Å². The van der Waals surface area contributed by atoms with Crippen molar-refractivity contribution in [1.29, 1.82) is 0 Å². The Morgan fingerprint density at radius 2 is 1.63 bits per heavy atom. The molecule has 0 aromatic rings. The van der Waals surface area contributed by atoms with Gasteiger partial charge in [-0.15, -0.1) is 0 Å². The van der Waals surface area contributed by atoms with Crippen molar-refractivity contribution in [3.8, 4) is 0 Å². The predicted octanol–water partition coefficient (Wildman–Crippen LogP) is 1.11. The van der Waals surface area contributed by atoms with E-state index in [1.54, 1.807) is 0 Å². The maximum Gasteiger partial charge on any atom is 0.279 e. The lowest BCUT2D eigenvalue weighted by Gasteiger charge is -2.31. The number of aliphatic hydroxyl groups is 1. The van der Waals surface area contributed by atoms with Crippen LogP contribution in [0.25, 0.3) is 0 Å². The van der Waals surface area contributed by atoms with Crippen LogP contribution < -0.4 is 4.72 Å². The monoisotopic (exact) mass is 290 g/mol. The molecule has 1 aliphatic carbocycles. The Bertz CT molecular complexity index is 358. The van der Waals surface area contributed by atoms with Gasteiger partial charge in [0.15, 0.2) is 0 Å². The average Bonchev–Trinajstić information content (AvgIpc) is 2.46. The molecule has 19 heavy (non-hydrogen) atoms. The van der Waals surface area contributed by atoms with Gasteiger partial charge in [-0.2, -0.15) is 12.7 Å². The van der Waals surface area contributed by atoms with Crippen LogP contribution in [-0.2, 0) is 10.2 Å². The summed E-state index contributed by atoms with van der Waals surface area (Å²) in [4.78, 5) is 0. The highest BCUT2D eigenvalue weighted by atomic mass is 32.2. The molecule has 0 bridgehead atoms. The number of hydrogen-bond acceptors (Lipinski definition) is 3. The van der Waals surface area contributed by atoms with Crippen LogP contribution in [0.2, 0.25) is 0 Å². The molecule has 0 amide bonds. The molecular weight excluding hydrogens is 264 g/mol. The van der Waals surface area contributed by atoms with E-state index >= 15 is 0 Å². The van der Waals surface area contributed by atoms with Crippen molar-refractivity contribution in [3.05, 3.63) is 0 Å². The molecule has 2 aliphatic rings. The average molecular weight is 290 g/mol. The van der Waals surface area contributed by atoms with E-state index in [2.05, 4.69) is 4.72 Å². The van der Waals surface area contributed by atoms with Crippen molar-refractivity contribution in [2.24, 2.45) is 11.8 Å². The van der Waals surface area contributed by atoms with Crippen LogP contribution in [0.5, 0.6) is 0 Å². The zero-order valence-corrected chi connectivity index (χ0v) is 12.4. The molecule has 1 heterocycles. The summed E-state index contributed by atoms with van der Waals surface area (Å²) in [5.41, 5.74) is 0. The first kappa shape index (κ1) is 15.2. The Morgan fingerprint density at radius 3 is 2.21 bits per heavy atom. The van der Waals surface area contributed by atoms with E-state index in [0.29, 0.717) is 25.6 Å². The van der Waals surface area contributed by atoms with Gasteiger partial charge in [0.05, 0.1) is 0 Å². The van der Waals surface area contributed by atoms with Crippen LogP contribution in [0.1, 0.15) is 44.9 Å². The molecule has 2 N–H and O–H groups in total. The van der Waals surface area contributed by atoms with E-state index < -0.39 is 10.2 Å². The maximum atomic E-state index is 12.2. The Labute approximate surface area is 116 Å². The highest BCUT2D eigenvalue weighted by Crippen LogP contribution is 2.23. The van der Waals surface area contributed by atoms with Crippen LogP contribution in [0.3, 0.4) is 0 Å². The smallest absolute Gasteiger partial charge is 0.279 e. The lowest BCUT2D eigenvalue weighted by molar-refractivity contribution is 0.169. The standard InChI is InChI=1S/C13H26N2O3S/c16-11-13-6-8-15(9-7-13)19(17,18)14-10-12-4-2-1-3-5-12/h12-14,16H,1-11H2. The second-order valence-electron chi connectivity index (χ2n) is 5.88. The normalized spacial score (nSPS) is 24.7. The van der Waals surface area contributed by atoms with E-state index in [-0.39, 0.29) is 12.5 Å². The molecule has 0 radical (unpaired) electrons. The first-order valence-corrected chi connectivity index (χ1v) is 8.91. The zero-order chi connectivity index (χ0) is 13.7. The van der Waals surface area contributed by atoms with Gasteiger partial charge in [0.2, 0.25) is 0 Å². The molecular formula is C13H26N2O3S. The lowest BCUT2D eigenvalue weighted by atomic mass is 9.90. The van der Waals surface area contributed by atoms with Crippen molar-refractivity contribution >= 4 is 10.2 Å². The van der Waals surface area contributed by atoms with Crippen molar-refractivity contribution in [2.45, 2.75) is 44.9 Å². The highest BCUT2D eigenvalue weighted by molar-refractivity contribution is 7.87. The molecule has 2 rings (SSSR count). The van der Waals surface area contributed by atoms with Gasteiger partial charge in [-0.1, -0.05) is 19.3 Å². The molecule has 0 unspecified atom stereocenters. The summed E-state index contributed by atoms with van der Waals surface area (Å²) in [5, 5.41) is 9.07. The number of rotatable bonds is 5. The molecule has 0 atom stereocenters. The van der Waals surface area contributed by atoms with Gasteiger partial charge < -0.3 is 5.11 Å². The first-order chi connectivity index (χ1) is 9.12. The highest BCUT2D eigenvalue weighted by Gasteiger charge is 2.28. The van der Waals surface area contributed by atoms with E-state index in [1.165, 1.54) is 23.6 Å². The first-order valence-electron chi connectivity index (χ1n) is 7.47. The summed E-state index contributed by atoms with van der Waals surface area (Å²) in [7, 11) is -3.31.